The Balaban J connectivity index is 1.89. The van der Waals surface area contributed by atoms with Gasteiger partial charge in [0.2, 0.25) is 10.0 Å². The number of nitrogens with one attached hydrogen (secondary N) is 3. The topological polar surface area (TPSA) is 100 Å². The van der Waals surface area contributed by atoms with Crippen molar-refractivity contribution in [3.8, 4) is 0 Å². The first-order chi connectivity index (χ1) is 14.2. The highest BCUT2D eigenvalue weighted by Gasteiger charge is 2.14. The fraction of sp³-hybridized carbons (Fsp3) is 0.524. The highest BCUT2D eigenvalue weighted by molar-refractivity contribution is 7.89. The highest BCUT2D eigenvalue weighted by Crippen LogP contribution is 2.14. The molecule has 0 radical (unpaired) electrons. The third-order valence-electron chi connectivity index (χ3n) is 4.87. The molecule has 0 fully saturated rings. The lowest BCUT2D eigenvalue weighted by Gasteiger charge is -2.18. The van der Waals surface area contributed by atoms with Crippen LogP contribution in [0.3, 0.4) is 0 Å². The fourth-order valence-corrected chi connectivity index (χ4v) is 4.03. The van der Waals surface area contributed by atoms with Crippen molar-refractivity contribution in [3.05, 3.63) is 52.8 Å². The second-order valence-electron chi connectivity index (χ2n) is 7.41. The average Bonchev–Trinajstić information content (AvgIpc) is 2.93. The molecule has 1 heterocycles. The smallest absolute Gasteiger partial charge is 0.213 e. The van der Waals surface area contributed by atoms with Crippen LogP contribution in [0.1, 0.15) is 36.4 Å². The molecule has 1 unspecified atom stereocenters. The van der Waals surface area contributed by atoms with E-state index in [0.29, 0.717) is 12.5 Å². The molecule has 2 rings (SSSR count). The van der Waals surface area contributed by atoms with Crippen molar-refractivity contribution >= 4 is 16.0 Å². The summed E-state index contributed by atoms with van der Waals surface area (Å²) in [6, 6.07) is 9.58. The lowest BCUT2D eigenvalue weighted by atomic mass is 10.1. The second-order valence-corrected chi connectivity index (χ2v) is 9.34. The number of rotatable bonds is 10. The summed E-state index contributed by atoms with van der Waals surface area (Å²) in [5, 5.41) is 11.0. The molecule has 0 amide bonds. The molecule has 0 saturated heterocycles. The summed E-state index contributed by atoms with van der Waals surface area (Å²) in [6.07, 6.45) is 0.812. The van der Waals surface area contributed by atoms with Gasteiger partial charge in [-0.25, -0.2) is 13.1 Å². The SMILES string of the molecule is CCNC(=NCCS(=O)(=O)NCc1ccccc1)NC(C)Cc1c(C)nn(C)c1C. The standard InChI is InChI=1S/C21H34N6O2S/c1-6-22-21(25-16(2)14-20-17(3)26-27(5)18(20)4)23-12-13-30(28,29)24-15-19-10-8-7-9-11-19/h7-11,16,24H,6,12-15H2,1-5H3,(H2,22,23,25). The lowest BCUT2D eigenvalue weighted by molar-refractivity contribution is 0.581. The maximum Gasteiger partial charge on any atom is 0.213 e. The van der Waals surface area contributed by atoms with Crippen LogP contribution in [0.4, 0.5) is 0 Å². The van der Waals surface area contributed by atoms with Crippen molar-refractivity contribution in [1.29, 1.82) is 0 Å². The largest absolute Gasteiger partial charge is 0.357 e. The molecule has 0 aliphatic heterocycles. The second kappa shape index (κ2) is 11.1. The van der Waals surface area contributed by atoms with Gasteiger partial charge in [0.1, 0.15) is 0 Å². The van der Waals surface area contributed by atoms with Gasteiger partial charge in [-0.3, -0.25) is 9.67 Å². The van der Waals surface area contributed by atoms with Crippen molar-refractivity contribution in [2.45, 2.75) is 46.7 Å². The van der Waals surface area contributed by atoms with E-state index in [1.54, 1.807) is 0 Å². The van der Waals surface area contributed by atoms with Crippen molar-refractivity contribution in [1.82, 2.24) is 25.1 Å². The van der Waals surface area contributed by atoms with Crippen LogP contribution in [-0.4, -0.2) is 49.0 Å². The molecule has 1 atom stereocenters. The number of hydrogen-bond donors (Lipinski definition) is 3. The van der Waals surface area contributed by atoms with E-state index in [1.807, 2.05) is 55.9 Å². The number of benzene rings is 1. The summed E-state index contributed by atoms with van der Waals surface area (Å²) in [4.78, 5) is 4.44. The number of aryl methyl sites for hydroxylation is 2. The number of hydrogen-bond acceptors (Lipinski definition) is 4. The van der Waals surface area contributed by atoms with Crippen LogP contribution in [0.25, 0.3) is 0 Å². The molecule has 0 saturated carbocycles. The minimum absolute atomic E-state index is 0.0639. The first kappa shape index (κ1) is 23.9. The first-order valence-corrected chi connectivity index (χ1v) is 11.9. The fourth-order valence-electron chi connectivity index (χ4n) is 3.16. The van der Waals surface area contributed by atoms with Gasteiger partial charge in [-0.1, -0.05) is 30.3 Å². The molecule has 9 heteroatoms. The van der Waals surface area contributed by atoms with E-state index in [2.05, 4.69) is 39.3 Å². The van der Waals surface area contributed by atoms with Crippen LogP contribution >= 0.6 is 0 Å². The van der Waals surface area contributed by atoms with E-state index in [0.717, 1.165) is 23.4 Å². The molecule has 166 valence electrons. The summed E-state index contributed by atoms with van der Waals surface area (Å²) in [7, 11) is -1.45. The minimum atomic E-state index is -3.40. The molecule has 0 aliphatic rings. The Morgan fingerprint density at radius 1 is 1.23 bits per heavy atom. The van der Waals surface area contributed by atoms with Crippen molar-refractivity contribution in [2.75, 3.05) is 18.8 Å². The molecule has 8 nitrogen and oxygen atoms in total. The van der Waals surface area contributed by atoms with Gasteiger partial charge in [-0.05, 0) is 45.2 Å². The Morgan fingerprint density at radius 3 is 2.53 bits per heavy atom. The van der Waals surface area contributed by atoms with E-state index >= 15 is 0 Å². The third kappa shape index (κ3) is 7.46. The summed E-state index contributed by atoms with van der Waals surface area (Å²) in [5.74, 6) is 0.550. The van der Waals surface area contributed by atoms with Crippen LogP contribution in [0.15, 0.2) is 35.3 Å². The van der Waals surface area contributed by atoms with Crippen molar-refractivity contribution in [2.24, 2.45) is 12.0 Å². The molecular formula is C21H34N6O2S. The lowest BCUT2D eigenvalue weighted by Crippen LogP contribution is -2.43. The molecule has 30 heavy (non-hydrogen) atoms. The Morgan fingerprint density at radius 2 is 1.93 bits per heavy atom. The van der Waals surface area contributed by atoms with Gasteiger partial charge in [-0.15, -0.1) is 0 Å². The Hall–Kier alpha value is -2.39. The molecule has 2 aromatic rings. The quantitative estimate of drug-likeness (QED) is 0.390. The normalized spacial score (nSPS) is 13.3. The summed E-state index contributed by atoms with van der Waals surface area (Å²) >= 11 is 0. The zero-order chi connectivity index (χ0) is 22.1. The minimum Gasteiger partial charge on any atom is -0.357 e. The third-order valence-corrected chi connectivity index (χ3v) is 6.17. The summed E-state index contributed by atoms with van der Waals surface area (Å²) in [6.45, 7) is 9.30. The number of aromatic nitrogens is 2. The number of sulfonamides is 1. The van der Waals surface area contributed by atoms with Gasteiger partial charge in [0.05, 0.1) is 18.0 Å². The van der Waals surface area contributed by atoms with Gasteiger partial charge < -0.3 is 10.6 Å². The predicted octanol–water partition coefficient (Wildman–Crippen LogP) is 1.64. The Bertz CT molecular complexity index is 938. The van der Waals surface area contributed by atoms with Gasteiger partial charge in [0, 0.05) is 31.9 Å². The van der Waals surface area contributed by atoms with Crippen molar-refractivity contribution < 1.29 is 8.42 Å². The van der Waals surface area contributed by atoms with Crippen LogP contribution in [0.2, 0.25) is 0 Å². The number of aliphatic imine (C=N–C) groups is 1. The highest BCUT2D eigenvalue weighted by atomic mass is 32.2. The molecule has 1 aromatic heterocycles. The van der Waals surface area contributed by atoms with E-state index < -0.39 is 10.0 Å². The first-order valence-electron chi connectivity index (χ1n) is 10.3. The summed E-state index contributed by atoms with van der Waals surface area (Å²) in [5.41, 5.74) is 4.33. The Kier molecular flexibility index (Phi) is 8.86. The average molecular weight is 435 g/mol. The van der Waals surface area contributed by atoms with E-state index in [4.69, 9.17) is 0 Å². The predicted molar refractivity (Wildman–Crippen MR) is 122 cm³/mol. The molecule has 3 N–H and O–H groups in total. The maximum atomic E-state index is 12.3. The van der Waals surface area contributed by atoms with Gasteiger partial charge in [-0.2, -0.15) is 5.10 Å². The zero-order valence-electron chi connectivity index (χ0n) is 18.6. The van der Waals surface area contributed by atoms with Crippen molar-refractivity contribution in [3.63, 3.8) is 0 Å². The maximum absolute atomic E-state index is 12.3. The molecule has 0 spiro atoms. The Labute approximate surface area is 180 Å². The van der Waals surface area contributed by atoms with E-state index in [-0.39, 0.29) is 24.9 Å². The van der Waals surface area contributed by atoms with Crippen LogP contribution in [0, 0.1) is 13.8 Å². The van der Waals surface area contributed by atoms with Crippen LogP contribution < -0.4 is 15.4 Å². The number of nitrogens with zero attached hydrogens (tertiary/aromatic N) is 3. The van der Waals surface area contributed by atoms with Gasteiger partial charge in [0.15, 0.2) is 5.96 Å². The molecular weight excluding hydrogens is 400 g/mol. The van der Waals surface area contributed by atoms with E-state index in [9.17, 15) is 8.42 Å². The molecule has 0 aliphatic carbocycles. The molecule has 0 bridgehead atoms. The van der Waals surface area contributed by atoms with Crippen LogP contribution in [0.5, 0.6) is 0 Å². The van der Waals surface area contributed by atoms with Gasteiger partial charge >= 0.3 is 0 Å². The zero-order valence-corrected chi connectivity index (χ0v) is 19.4. The monoisotopic (exact) mass is 434 g/mol. The van der Waals surface area contributed by atoms with E-state index in [1.165, 1.54) is 5.56 Å². The summed E-state index contributed by atoms with van der Waals surface area (Å²) < 4.78 is 29.0. The number of guanidine groups is 1. The van der Waals surface area contributed by atoms with Crippen LogP contribution in [-0.2, 0) is 30.0 Å². The molecule has 1 aromatic carbocycles. The van der Waals surface area contributed by atoms with Gasteiger partial charge in [0.25, 0.3) is 0 Å².